The predicted octanol–water partition coefficient (Wildman–Crippen LogP) is 1.98. The standard InChI is InChI=1S/C12H15N3/c1-9-3-4-10-7-14-11(15(10)8-9)12(13)5-2-6-12/h3-4,7-8H,2,5-6,13H2,1H3. The minimum atomic E-state index is -0.180. The Labute approximate surface area is 88.9 Å². The van der Waals surface area contributed by atoms with Crippen molar-refractivity contribution in [3.8, 4) is 0 Å². The van der Waals surface area contributed by atoms with E-state index in [9.17, 15) is 0 Å². The molecule has 0 radical (unpaired) electrons. The molecule has 3 heteroatoms. The molecule has 2 aromatic rings. The molecule has 0 aromatic carbocycles. The van der Waals surface area contributed by atoms with Gasteiger partial charge in [0.2, 0.25) is 0 Å². The number of hydrogen-bond donors (Lipinski definition) is 1. The fourth-order valence-electron chi connectivity index (χ4n) is 2.25. The monoisotopic (exact) mass is 201 g/mol. The van der Waals surface area contributed by atoms with Gasteiger partial charge in [0.1, 0.15) is 5.82 Å². The van der Waals surface area contributed by atoms with Crippen molar-refractivity contribution in [2.45, 2.75) is 31.7 Å². The summed E-state index contributed by atoms with van der Waals surface area (Å²) < 4.78 is 2.13. The van der Waals surface area contributed by atoms with Crippen molar-refractivity contribution < 1.29 is 0 Å². The quantitative estimate of drug-likeness (QED) is 0.766. The maximum atomic E-state index is 6.30. The molecule has 0 saturated heterocycles. The number of aromatic nitrogens is 2. The molecule has 0 spiro atoms. The molecule has 2 heterocycles. The van der Waals surface area contributed by atoms with Crippen LogP contribution in [0.5, 0.6) is 0 Å². The van der Waals surface area contributed by atoms with Crippen LogP contribution in [-0.4, -0.2) is 9.38 Å². The Morgan fingerprint density at radius 1 is 1.40 bits per heavy atom. The van der Waals surface area contributed by atoms with E-state index < -0.39 is 0 Å². The van der Waals surface area contributed by atoms with Gasteiger partial charge in [-0.3, -0.25) is 0 Å². The third-order valence-electron chi connectivity index (χ3n) is 3.37. The molecule has 15 heavy (non-hydrogen) atoms. The highest BCUT2D eigenvalue weighted by atomic mass is 15.1. The van der Waals surface area contributed by atoms with Crippen LogP contribution >= 0.6 is 0 Å². The first-order valence-corrected chi connectivity index (χ1v) is 5.42. The number of pyridine rings is 1. The summed E-state index contributed by atoms with van der Waals surface area (Å²) >= 11 is 0. The molecule has 0 atom stereocenters. The summed E-state index contributed by atoms with van der Waals surface area (Å²) in [5.74, 6) is 1.02. The van der Waals surface area contributed by atoms with Crippen molar-refractivity contribution >= 4 is 5.52 Å². The normalized spacial score (nSPS) is 19.1. The molecule has 0 amide bonds. The van der Waals surface area contributed by atoms with Crippen LogP contribution in [-0.2, 0) is 5.54 Å². The lowest BCUT2D eigenvalue weighted by Crippen LogP contribution is -2.44. The second-order valence-corrected chi connectivity index (χ2v) is 4.59. The number of rotatable bonds is 1. The van der Waals surface area contributed by atoms with E-state index in [-0.39, 0.29) is 5.54 Å². The van der Waals surface area contributed by atoms with Crippen molar-refractivity contribution in [2.75, 3.05) is 0 Å². The summed E-state index contributed by atoms with van der Waals surface area (Å²) in [5, 5.41) is 0. The Kier molecular flexibility index (Phi) is 1.68. The van der Waals surface area contributed by atoms with Crippen LogP contribution in [0.25, 0.3) is 5.52 Å². The molecule has 78 valence electrons. The van der Waals surface area contributed by atoms with E-state index in [0.29, 0.717) is 0 Å². The molecule has 0 unspecified atom stereocenters. The number of nitrogens with zero attached hydrogens (tertiary/aromatic N) is 2. The highest BCUT2D eigenvalue weighted by Gasteiger charge is 2.37. The molecule has 1 aliphatic rings. The van der Waals surface area contributed by atoms with Crippen LogP contribution in [0.15, 0.2) is 24.5 Å². The van der Waals surface area contributed by atoms with Gasteiger partial charge in [0.25, 0.3) is 0 Å². The smallest absolute Gasteiger partial charge is 0.133 e. The van der Waals surface area contributed by atoms with Crippen LogP contribution in [0.4, 0.5) is 0 Å². The number of hydrogen-bond acceptors (Lipinski definition) is 2. The molecular formula is C12H15N3. The Bertz CT molecular complexity index is 509. The van der Waals surface area contributed by atoms with Gasteiger partial charge in [0, 0.05) is 6.20 Å². The van der Waals surface area contributed by atoms with E-state index in [1.807, 2.05) is 6.20 Å². The maximum Gasteiger partial charge on any atom is 0.133 e. The van der Waals surface area contributed by atoms with E-state index in [1.54, 1.807) is 0 Å². The first kappa shape index (κ1) is 8.92. The molecule has 2 N–H and O–H groups in total. The average molecular weight is 201 g/mol. The van der Waals surface area contributed by atoms with Gasteiger partial charge in [0.05, 0.1) is 17.3 Å². The van der Waals surface area contributed by atoms with Crippen molar-refractivity contribution in [1.29, 1.82) is 0 Å². The van der Waals surface area contributed by atoms with Crippen LogP contribution < -0.4 is 5.73 Å². The van der Waals surface area contributed by atoms with Crippen LogP contribution in [0.3, 0.4) is 0 Å². The zero-order valence-electron chi connectivity index (χ0n) is 8.90. The summed E-state index contributed by atoms with van der Waals surface area (Å²) in [5.41, 5.74) is 8.49. The lowest BCUT2D eigenvalue weighted by molar-refractivity contribution is 0.237. The zero-order chi connectivity index (χ0) is 10.5. The molecule has 3 rings (SSSR count). The van der Waals surface area contributed by atoms with E-state index >= 15 is 0 Å². The lowest BCUT2D eigenvalue weighted by Gasteiger charge is -2.36. The molecular weight excluding hydrogens is 186 g/mol. The summed E-state index contributed by atoms with van der Waals surface area (Å²) in [6, 6.07) is 4.19. The van der Waals surface area contributed by atoms with Gasteiger partial charge in [-0.2, -0.15) is 0 Å². The van der Waals surface area contributed by atoms with E-state index in [2.05, 4.69) is 34.6 Å². The minimum absolute atomic E-state index is 0.180. The number of fused-ring (bicyclic) bond motifs is 1. The molecule has 1 aliphatic carbocycles. The van der Waals surface area contributed by atoms with Crippen LogP contribution in [0.2, 0.25) is 0 Å². The molecule has 1 fully saturated rings. The molecule has 0 aliphatic heterocycles. The predicted molar refractivity (Wildman–Crippen MR) is 59.6 cm³/mol. The Hall–Kier alpha value is -1.35. The van der Waals surface area contributed by atoms with Gasteiger partial charge < -0.3 is 10.1 Å². The number of nitrogens with two attached hydrogens (primary N) is 1. The van der Waals surface area contributed by atoms with Crippen molar-refractivity contribution in [1.82, 2.24) is 9.38 Å². The molecule has 3 nitrogen and oxygen atoms in total. The summed E-state index contributed by atoms with van der Waals surface area (Å²) in [6.45, 7) is 2.09. The molecule has 2 aromatic heterocycles. The lowest BCUT2D eigenvalue weighted by atomic mass is 9.77. The second kappa shape index (κ2) is 2.83. The molecule has 0 bridgehead atoms. The van der Waals surface area contributed by atoms with Crippen molar-refractivity contribution in [2.24, 2.45) is 5.73 Å². The SMILES string of the molecule is Cc1ccc2cnc(C3(N)CCC3)n2c1. The summed E-state index contributed by atoms with van der Waals surface area (Å²) in [4.78, 5) is 4.47. The highest BCUT2D eigenvalue weighted by molar-refractivity contribution is 5.48. The van der Waals surface area contributed by atoms with E-state index in [4.69, 9.17) is 5.73 Å². The maximum absolute atomic E-state index is 6.30. The van der Waals surface area contributed by atoms with Gasteiger partial charge in [0.15, 0.2) is 0 Å². The summed E-state index contributed by atoms with van der Waals surface area (Å²) in [7, 11) is 0. The Morgan fingerprint density at radius 3 is 2.87 bits per heavy atom. The first-order chi connectivity index (χ1) is 7.19. The Morgan fingerprint density at radius 2 is 2.20 bits per heavy atom. The van der Waals surface area contributed by atoms with E-state index in [0.717, 1.165) is 24.2 Å². The zero-order valence-corrected chi connectivity index (χ0v) is 8.90. The van der Waals surface area contributed by atoms with Gasteiger partial charge in [-0.05, 0) is 37.8 Å². The third-order valence-corrected chi connectivity index (χ3v) is 3.37. The van der Waals surface area contributed by atoms with Crippen molar-refractivity contribution in [3.05, 3.63) is 35.9 Å². The van der Waals surface area contributed by atoms with E-state index in [1.165, 1.54) is 12.0 Å². The van der Waals surface area contributed by atoms with Crippen LogP contribution in [0, 0.1) is 6.92 Å². The topological polar surface area (TPSA) is 43.3 Å². The Balaban J connectivity index is 2.22. The first-order valence-electron chi connectivity index (χ1n) is 5.42. The second-order valence-electron chi connectivity index (χ2n) is 4.59. The molecule has 1 saturated carbocycles. The van der Waals surface area contributed by atoms with Crippen molar-refractivity contribution in [3.63, 3.8) is 0 Å². The van der Waals surface area contributed by atoms with Crippen LogP contribution in [0.1, 0.15) is 30.7 Å². The van der Waals surface area contributed by atoms with Gasteiger partial charge >= 0.3 is 0 Å². The minimum Gasteiger partial charge on any atom is -0.319 e. The fourth-order valence-corrected chi connectivity index (χ4v) is 2.25. The average Bonchev–Trinajstić information content (AvgIpc) is 2.57. The highest BCUT2D eigenvalue weighted by Crippen LogP contribution is 2.37. The third kappa shape index (κ3) is 1.20. The number of imidazole rings is 1. The van der Waals surface area contributed by atoms with Gasteiger partial charge in [-0.25, -0.2) is 4.98 Å². The number of aryl methyl sites for hydroxylation is 1. The largest absolute Gasteiger partial charge is 0.319 e. The van der Waals surface area contributed by atoms with Gasteiger partial charge in [-0.1, -0.05) is 6.07 Å². The fraction of sp³-hybridized carbons (Fsp3) is 0.417. The summed E-state index contributed by atoms with van der Waals surface area (Å²) in [6.07, 6.45) is 7.35. The van der Waals surface area contributed by atoms with Gasteiger partial charge in [-0.15, -0.1) is 0 Å².